The minimum Gasteiger partial charge on any atom is -0.481 e. The summed E-state index contributed by atoms with van der Waals surface area (Å²) in [5.74, 6) is -0.553. The van der Waals surface area contributed by atoms with Gasteiger partial charge in [-0.1, -0.05) is 6.92 Å². The van der Waals surface area contributed by atoms with E-state index >= 15 is 0 Å². The van der Waals surface area contributed by atoms with Gasteiger partial charge in [-0.25, -0.2) is 0 Å². The number of likely N-dealkylation sites (tertiary alicyclic amines) is 1. The van der Waals surface area contributed by atoms with Crippen LogP contribution in [0.25, 0.3) is 0 Å². The second-order valence-electron chi connectivity index (χ2n) is 5.52. The number of carbonyl (C=O) groups excluding carboxylic acids is 1. The van der Waals surface area contributed by atoms with Crippen LogP contribution in [0.5, 0.6) is 0 Å². The van der Waals surface area contributed by atoms with Crippen molar-refractivity contribution in [2.75, 3.05) is 13.1 Å². The first-order valence-electron chi connectivity index (χ1n) is 7.62. The van der Waals surface area contributed by atoms with Crippen molar-refractivity contribution in [3.63, 3.8) is 0 Å². The summed E-state index contributed by atoms with van der Waals surface area (Å²) in [4.78, 5) is 25.1. The lowest BCUT2D eigenvalue weighted by Gasteiger charge is -2.31. The normalized spacial score (nSPS) is 16.2. The summed E-state index contributed by atoms with van der Waals surface area (Å²) in [5, 5.41) is 13.2. The van der Waals surface area contributed by atoms with Crippen molar-refractivity contribution >= 4 is 11.9 Å². The first-order valence-corrected chi connectivity index (χ1v) is 7.62. The van der Waals surface area contributed by atoms with E-state index in [0.717, 1.165) is 25.0 Å². The number of nitrogens with zero attached hydrogens (tertiary/aromatic N) is 3. The quantitative estimate of drug-likeness (QED) is 0.898. The van der Waals surface area contributed by atoms with Gasteiger partial charge in [-0.2, -0.15) is 5.10 Å². The van der Waals surface area contributed by atoms with Gasteiger partial charge in [-0.15, -0.1) is 0 Å². The number of aryl methyl sites for hydroxylation is 2. The van der Waals surface area contributed by atoms with Crippen LogP contribution < -0.4 is 0 Å². The van der Waals surface area contributed by atoms with Crippen molar-refractivity contribution in [3.8, 4) is 0 Å². The molecule has 1 aliphatic rings. The Balaban J connectivity index is 2.01. The van der Waals surface area contributed by atoms with Crippen LogP contribution >= 0.6 is 0 Å². The Morgan fingerprint density at radius 3 is 2.52 bits per heavy atom. The van der Waals surface area contributed by atoms with E-state index in [4.69, 9.17) is 5.11 Å². The Morgan fingerprint density at radius 2 is 2.00 bits per heavy atom. The van der Waals surface area contributed by atoms with E-state index in [1.54, 1.807) is 4.68 Å². The summed E-state index contributed by atoms with van der Waals surface area (Å²) in [7, 11) is 0. The zero-order valence-corrected chi connectivity index (χ0v) is 12.7. The van der Waals surface area contributed by atoms with E-state index in [9.17, 15) is 9.59 Å². The lowest BCUT2D eigenvalue weighted by Crippen LogP contribution is -2.39. The Morgan fingerprint density at radius 1 is 1.33 bits per heavy atom. The van der Waals surface area contributed by atoms with Crippen molar-refractivity contribution in [1.82, 2.24) is 14.7 Å². The molecule has 116 valence electrons. The molecule has 1 amide bonds. The fourth-order valence-electron chi connectivity index (χ4n) is 2.81. The molecule has 1 aromatic rings. The number of hydrogen-bond donors (Lipinski definition) is 1. The first kappa shape index (κ1) is 15.5. The van der Waals surface area contributed by atoms with Crippen LogP contribution in [0.1, 0.15) is 49.3 Å². The summed E-state index contributed by atoms with van der Waals surface area (Å²) in [5.41, 5.74) is 1.58. The van der Waals surface area contributed by atoms with Crippen molar-refractivity contribution < 1.29 is 14.7 Å². The van der Waals surface area contributed by atoms with Gasteiger partial charge < -0.3 is 10.0 Å². The Labute approximate surface area is 124 Å². The van der Waals surface area contributed by atoms with Gasteiger partial charge in [0.05, 0.1) is 5.69 Å². The first-order chi connectivity index (χ1) is 10.0. The van der Waals surface area contributed by atoms with Crippen LogP contribution in [0, 0.1) is 5.92 Å². The molecule has 0 bridgehead atoms. The Bertz CT molecular complexity index is 516. The van der Waals surface area contributed by atoms with E-state index in [1.807, 2.05) is 24.8 Å². The van der Waals surface area contributed by atoms with Gasteiger partial charge in [-0.05, 0) is 38.2 Å². The molecular formula is C15H23N3O3. The van der Waals surface area contributed by atoms with Gasteiger partial charge in [0.25, 0.3) is 5.91 Å². The van der Waals surface area contributed by atoms with Crippen molar-refractivity contribution in [3.05, 3.63) is 17.5 Å². The molecule has 1 fully saturated rings. The lowest BCUT2D eigenvalue weighted by molar-refractivity contribution is -0.138. The van der Waals surface area contributed by atoms with E-state index in [-0.39, 0.29) is 18.2 Å². The number of carbonyl (C=O) groups is 2. The maximum absolute atomic E-state index is 12.6. The number of aromatic nitrogens is 2. The maximum atomic E-state index is 12.6. The molecule has 1 saturated heterocycles. The molecule has 0 aromatic carbocycles. The van der Waals surface area contributed by atoms with Crippen LogP contribution in [0.15, 0.2) is 6.07 Å². The lowest BCUT2D eigenvalue weighted by atomic mass is 9.93. The van der Waals surface area contributed by atoms with Gasteiger partial charge in [0, 0.05) is 26.1 Å². The minimum atomic E-state index is -0.753. The Hall–Kier alpha value is -1.85. The van der Waals surface area contributed by atoms with Crippen LogP contribution in [0.3, 0.4) is 0 Å². The molecule has 6 nitrogen and oxygen atoms in total. The largest absolute Gasteiger partial charge is 0.481 e. The SMILES string of the molecule is CCc1cc(C(=O)N2CCC(CC(=O)O)CC2)n(CC)n1. The number of rotatable bonds is 5. The predicted octanol–water partition coefficient (Wildman–Crippen LogP) is 1.79. The van der Waals surface area contributed by atoms with Crippen LogP contribution in [0.2, 0.25) is 0 Å². The second kappa shape index (κ2) is 6.74. The molecule has 0 aliphatic carbocycles. The molecule has 6 heteroatoms. The number of amides is 1. The number of aliphatic carboxylic acids is 1. The third kappa shape index (κ3) is 3.62. The number of carboxylic acid groups (broad SMARTS) is 1. The molecule has 0 saturated carbocycles. The smallest absolute Gasteiger partial charge is 0.303 e. The van der Waals surface area contributed by atoms with Crippen LogP contribution in [-0.4, -0.2) is 44.8 Å². The van der Waals surface area contributed by atoms with E-state index < -0.39 is 5.97 Å². The zero-order valence-electron chi connectivity index (χ0n) is 12.7. The molecule has 2 heterocycles. The molecule has 1 aromatic heterocycles. The summed E-state index contributed by atoms with van der Waals surface area (Å²) in [6.45, 7) is 5.94. The predicted molar refractivity (Wildman–Crippen MR) is 78.2 cm³/mol. The molecule has 1 N–H and O–H groups in total. The molecule has 21 heavy (non-hydrogen) atoms. The highest BCUT2D eigenvalue weighted by atomic mass is 16.4. The van der Waals surface area contributed by atoms with Gasteiger partial charge in [0.2, 0.25) is 0 Å². The molecule has 2 rings (SSSR count). The molecule has 0 unspecified atom stereocenters. The third-order valence-electron chi connectivity index (χ3n) is 4.08. The molecule has 0 spiro atoms. The van der Waals surface area contributed by atoms with Crippen molar-refractivity contribution in [2.24, 2.45) is 5.92 Å². The zero-order chi connectivity index (χ0) is 15.4. The summed E-state index contributed by atoms with van der Waals surface area (Å²) in [6.07, 6.45) is 2.54. The summed E-state index contributed by atoms with van der Waals surface area (Å²) in [6, 6.07) is 1.87. The molecule has 0 radical (unpaired) electrons. The number of piperidine rings is 1. The summed E-state index contributed by atoms with van der Waals surface area (Å²) < 4.78 is 1.75. The average molecular weight is 293 g/mol. The van der Waals surface area contributed by atoms with Gasteiger partial charge in [-0.3, -0.25) is 14.3 Å². The van der Waals surface area contributed by atoms with Gasteiger partial charge >= 0.3 is 5.97 Å². The molecule has 0 atom stereocenters. The van der Waals surface area contributed by atoms with Gasteiger partial charge in [0.15, 0.2) is 0 Å². The minimum absolute atomic E-state index is 0.0119. The van der Waals surface area contributed by atoms with Crippen molar-refractivity contribution in [2.45, 2.75) is 46.1 Å². The topological polar surface area (TPSA) is 75.4 Å². The maximum Gasteiger partial charge on any atom is 0.303 e. The molecular weight excluding hydrogens is 270 g/mol. The number of carboxylic acids is 1. The van der Waals surface area contributed by atoms with Gasteiger partial charge in [0.1, 0.15) is 5.69 Å². The monoisotopic (exact) mass is 293 g/mol. The molecule has 1 aliphatic heterocycles. The van der Waals surface area contributed by atoms with E-state index in [1.165, 1.54) is 0 Å². The van der Waals surface area contributed by atoms with Crippen LogP contribution in [0.4, 0.5) is 0 Å². The average Bonchev–Trinajstić information content (AvgIpc) is 2.90. The van der Waals surface area contributed by atoms with Crippen LogP contribution in [-0.2, 0) is 17.8 Å². The fourth-order valence-corrected chi connectivity index (χ4v) is 2.81. The third-order valence-corrected chi connectivity index (χ3v) is 4.08. The second-order valence-corrected chi connectivity index (χ2v) is 5.52. The standard InChI is InChI=1S/C15H23N3O3/c1-3-12-10-13(18(4-2)16-12)15(21)17-7-5-11(6-8-17)9-14(19)20/h10-11H,3-9H2,1-2H3,(H,19,20). The highest BCUT2D eigenvalue weighted by Crippen LogP contribution is 2.22. The summed E-state index contributed by atoms with van der Waals surface area (Å²) >= 11 is 0. The highest BCUT2D eigenvalue weighted by molar-refractivity contribution is 5.92. The van der Waals surface area contributed by atoms with Crippen molar-refractivity contribution in [1.29, 1.82) is 0 Å². The fraction of sp³-hybridized carbons (Fsp3) is 0.667. The highest BCUT2D eigenvalue weighted by Gasteiger charge is 2.26. The van der Waals surface area contributed by atoms with E-state index in [0.29, 0.717) is 25.3 Å². The number of hydrogen-bond acceptors (Lipinski definition) is 3. The van der Waals surface area contributed by atoms with E-state index in [2.05, 4.69) is 5.10 Å². The Kier molecular flexibility index (Phi) is 4.98.